The maximum absolute atomic E-state index is 12.2. The number of carbonyl (C=O) groups is 1. The van der Waals surface area contributed by atoms with Crippen molar-refractivity contribution in [1.82, 2.24) is 9.47 Å². The second-order valence-corrected chi connectivity index (χ2v) is 8.14. The smallest absolute Gasteiger partial charge is 0.410 e. The van der Waals surface area contributed by atoms with Crippen LogP contribution in [0.15, 0.2) is 21.5 Å². The number of aryl methyl sites for hydroxylation is 1. The van der Waals surface area contributed by atoms with Crippen LogP contribution in [-0.4, -0.2) is 40.3 Å². The van der Waals surface area contributed by atoms with E-state index in [9.17, 15) is 9.59 Å². The first-order valence-corrected chi connectivity index (χ1v) is 9.05. The maximum Gasteiger partial charge on any atom is 0.410 e. The fourth-order valence-electron chi connectivity index (χ4n) is 2.74. The number of ether oxygens (including phenoxy) is 1. The molecule has 0 bridgehead atoms. The summed E-state index contributed by atoms with van der Waals surface area (Å²) in [5.74, 6) is 0. The Balaban J connectivity index is 1.99. The van der Waals surface area contributed by atoms with Gasteiger partial charge in [-0.05, 0) is 62.0 Å². The van der Waals surface area contributed by atoms with E-state index in [2.05, 4.69) is 21.2 Å². The van der Waals surface area contributed by atoms with Crippen molar-refractivity contribution in [2.45, 2.75) is 51.7 Å². The van der Waals surface area contributed by atoms with Crippen molar-refractivity contribution in [3.63, 3.8) is 0 Å². The third kappa shape index (κ3) is 5.26. The second-order valence-electron chi connectivity index (χ2n) is 7.23. The molecule has 1 atom stereocenters. The Morgan fingerprint density at radius 2 is 2.04 bits per heavy atom. The molecule has 7 heteroatoms. The van der Waals surface area contributed by atoms with Gasteiger partial charge in [-0.15, -0.1) is 0 Å². The fraction of sp³-hybridized carbons (Fsp3) is 0.647. The molecule has 2 heterocycles. The Kier molecular flexibility index (Phi) is 5.96. The molecule has 0 aliphatic carbocycles. The van der Waals surface area contributed by atoms with E-state index in [-0.39, 0.29) is 17.7 Å². The number of amides is 1. The molecule has 1 aliphatic rings. The van der Waals surface area contributed by atoms with E-state index in [4.69, 9.17) is 4.74 Å². The Morgan fingerprint density at radius 3 is 2.71 bits per heavy atom. The van der Waals surface area contributed by atoms with Crippen molar-refractivity contribution in [3.8, 4) is 0 Å². The first-order valence-electron chi connectivity index (χ1n) is 8.26. The van der Waals surface area contributed by atoms with Crippen molar-refractivity contribution in [1.29, 1.82) is 0 Å². The number of nitrogens with zero attached hydrogens (tertiary/aromatic N) is 2. The lowest BCUT2D eigenvalue weighted by molar-refractivity contribution is 0.0256. The third-order valence-electron chi connectivity index (χ3n) is 3.89. The summed E-state index contributed by atoms with van der Waals surface area (Å²) in [5.41, 5.74) is 0.0536. The van der Waals surface area contributed by atoms with E-state index < -0.39 is 5.60 Å². The van der Waals surface area contributed by atoms with Crippen LogP contribution in [-0.2, 0) is 11.8 Å². The van der Waals surface area contributed by atoms with Gasteiger partial charge >= 0.3 is 6.09 Å². The molecule has 1 aliphatic heterocycles. The van der Waals surface area contributed by atoms with Gasteiger partial charge in [0.1, 0.15) is 11.3 Å². The topological polar surface area (TPSA) is 63.6 Å². The molecule has 1 unspecified atom stereocenters. The number of hydrogen-bond acceptors (Lipinski definition) is 4. The Bertz CT molecular complexity index is 651. The number of likely N-dealkylation sites (tertiary alicyclic amines) is 1. The van der Waals surface area contributed by atoms with E-state index in [0.29, 0.717) is 18.8 Å². The van der Waals surface area contributed by atoms with Crippen molar-refractivity contribution in [3.05, 3.63) is 27.1 Å². The summed E-state index contributed by atoms with van der Waals surface area (Å²) >= 11 is 3.41. The maximum atomic E-state index is 12.2. The summed E-state index contributed by atoms with van der Waals surface area (Å²) in [6, 6.07) is 1.97. The summed E-state index contributed by atoms with van der Waals surface area (Å²) in [5, 5.41) is 3.34. The van der Waals surface area contributed by atoms with Crippen LogP contribution >= 0.6 is 15.9 Å². The molecule has 134 valence electrons. The molecule has 1 aromatic rings. The van der Waals surface area contributed by atoms with Crippen LogP contribution < -0.4 is 10.9 Å². The van der Waals surface area contributed by atoms with Crippen LogP contribution in [0.4, 0.5) is 10.5 Å². The Labute approximate surface area is 151 Å². The number of anilines is 1. The summed E-state index contributed by atoms with van der Waals surface area (Å²) in [7, 11) is 1.73. The lowest BCUT2D eigenvalue weighted by Gasteiger charge is -2.26. The van der Waals surface area contributed by atoms with E-state index in [0.717, 1.165) is 23.7 Å². The van der Waals surface area contributed by atoms with Gasteiger partial charge < -0.3 is 19.5 Å². The van der Waals surface area contributed by atoms with Gasteiger partial charge in [-0.2, -0.15) is 0 Å². The summed E-state index contributed by atoms with van der Waals surface area (Å²) in [4.78, 5) is 26.2. The summed E-state index contributed by atoms with van der Waals surface area (Å²) in [6.45, 7) is 6.92. The lowest BCUT2D eigenvalue weighted by atomic mass is 10.1. The first-order chi connectivity index (χ1) is 11.2. The zero-order valence-corrected chi connectivity index (χ0v) is 16.4. The largest absolute Gasteiger partial charge is 0.444 e. The Morgan fingerprint density at radius 1 is 1.33 bits per heavy atom. The molecule has 0 aromatic carbocycles. The van der Waals surface area contributed by atoms with Gasteiger partial charge in [0, 0.05) is 36.8 Å². The zero-order chi connectivity index (χ0) is 17.9. The van der Waals surface area contributed by atoms with Crippen LogP contribution in [0.5, 0.6) is 0 Å². The van der Waals surface area contributed by atoms with Crippen LogP contribution in [0, 0.1) is 0 Å². The molecule has 0 radical (unpaired) electrons. The highest BCUT2D eigenvalue weighted by Crippen LogP contribution is 2.19. The minimum Gasteiger partial charge on any atom is -0.444 e. The molecule has 1 amide bonds. The molecule has 1 aromatic heterocycles. The van der Waals surface area contributed by atoms with E-state index in [1.165, 1.54) is 0 Å². The average Bonchev–Trinajstić information content (AvgIpc) is 2.68. The molecule has 1 N–H and O–H groups in total. The Hall–Kier alpha value is -1.50. The van der Waals surface area contributed by atoms with Crippen molar-refractivity contribution in [2.24, 2.45) is 7.05 Å². The molecule has 0 saturated carbocycles. The van der Waals surface area contributed by atoms with Crippen LogP contribution in [0.2, 0.25) is 0 Å². The number of nitrogens with one attached hydrogen (secondary N) is 1. The second kappa shape index (κ2) is 7.59. The van der Waals surface area contributed by atoms with E-state index in [1.807, 2.05) is 20.8 Å². The molecular weight excluding hydrogens is 374 g/mol. The summed E-state index contributed by atoms with van der Waals surface area (Å²) < 4.78 is 7.85. The van der Waals surface area contributed by atoms with Gasteiger partial charge in [0.25, 0.3) is 5.56 Å². The van der Waals surface area contributed by atoms with E-state index >= 15 is 0 Å². The predicted octanol–water partition coefficient (Wildman–Crippen LogP) is 3.35. The highest BCUT2D eigenvalue weighted by atomic mass is 79.9. The average molecular weight is 400 g/mol. The fourth-order valence-corrected chi connectivity index (χ4v) is 3.28. The quantitative estimate of drug-likeness (QED) is 0.827. The number of hydrogen-bond donors (Lipinski definition) is 1. The minimum absolute atomic E-state index is 0.0496. The standard InChI is InChI=1S/C17H26BrN3O3/c1-17(2,3)24-16(23)21-8-5-6-13(7-9-21)19-14-10-12(18)11-20(4)15(14)22/h10-11,13,19H,5-9H2,1-4H3. The highest BCUT2D eigenvalue weighted by Gasteiger charge is 2.25. The first kappa shape index (κ1) is 18.8. The molecule has 6 nitrogen and oxygen atoms in total. The SMILES string of the molecule is Cn1cc(Br)cc(NC2CCCN(C(=O)OC(C)(C)C)CC2)c1=O. The monoisotopic (exact) mass is 399 g/mol. The summed E-state index contributed by atoms with van der Waals surface area (Å²) in [6.07, 6.45) is 4.06. The normalized spacial score (nSPS) is 18.9. The third-order valence-corrected chi connectivity index (χ3v) is 4.32. The lowest BCUT2D eigenvalue weighted by Crippen LogP contribution is -2.37. The zero-order valence-electron chi connectivity index (χ0n) is 14.8. The molecule has 1 saturated heterocycles. The molecule has 1 fully saturated rings. The predicted molar refractivity (Wildman–Crippen MR) is 98.5 cm³/mol. The highest BCUT2D eigenvalue weighted by molar-refractivity contribution is 9.10. The number of halogens is 1. The van der Waals surface area contributed by atoms with Gasteiger partial charge in [-0.3, -0.25) is 4.79 Å². The molecule has 24 heavy (non-hydrogen) atoms. The number of rotatable bonds is 2. The van der Waals surface area contributed by atoms with E-state index in [1.54, 1.807) is 28.8 Å². The van der Waals surface area contributed by atoms with Gasteiger partial charge in [-0.25, -0.2) is 4.79 Å². The molecule has 0 spiro atoms. The molecule has 2 rings (SSSR count). The van der Waals surface area contributed by atoms with Crippen LogP contribution in [0.3, 0.4) is 0 Å². The minimum atomic E-state index is -0.483. The molecular formula is C17H26BrN3O3. The van der Waals surface area contributed by atoms with Gasteiger partial charge in [0.15, 0.2) is 0 Å². The van der Waals surface area contributed by atoms with Crippen LogP contribution in [0.1, 0.15) is 40.0 Å². The van der Waals surface area contributed by atoms with Crippen molar-refractivity contribution >= 4 is 27.7 Å². The number of aromatic nitrogens is 1. The van der Waals surface area contributed by atoms with Gasteiger partial charge in [-0.1, -0.05) is 0 Å². The van der Waals surface area contributed by atoms with Crippen LogP contribution in [0.25, 0.3) is 0 Å². The van der Waals surface area contributed by atoms with Crippen molar-refractivity contribution in [2.75, 3.05) is 18.4 Å². The van der Waals surface area contributed by atoms with Crippen molar-refractivity contribution < 1.29 is 9.53 Å². The van der Waals surface area contributed by atoms with Gasteiger partial charge in [0.2, 0.25) is 0 Å². The van der Waals surface area contributed by atoms with Gasteiger partial charge in [0.05, 0.1) is 0 Å². The number of pyridine rings is 1. The number of carbonyl (C=O) groups excluding carboxylic acids is 1.